The Hall–Kier alpha value is -2.08. The Balaban J connectivity index is 1.41. The summed E-state index contributed by atoms with van der Waals surface area (Å²) in [5.74, 6) is 1.27. The van der Waals surface area contributed by atoms with Crippen LogP contribution in [0, 0.1) is 12.8 Å². The van der Waals surface area contributed by atoms with Crippen LogP contribution in [0.4, 0.5) is 0 Å². The van der Waals surface area contributed by atoms with E-state index in [1.54, 1.807) is 6.26 Å². The SMILES string of the molecule is Cc1cc(C[C@H](C)NC(=O)C2CCN(Cc3ccco3)CC2)n[nH]1. The van der Waals surface area contributed by atoms with Crippen LogP contribution in [0.15, 0.2) is 28.9 Å². The number of piperidine rings is 1. The Labute approximate surface area is 142 Å². The van der Waals surface area contributed by atoms with Crippen LogP contribution >= 0.6 is 0 Å². The maximum atomic E-state index is 12.5. The lowest BCUT2D eigenvalue weighted by molar-refractivity contribution is -0.127. The Kier molecular flexibility index (Phi) is 5.35. The third-order valence-electron chi connectivity index (χ3n) is 4.58. The molecule has 2 aromatic heterocycles. The molecule has 2 N–H and O–H groups in total. The Morgan fingerprint density at radius 2 is 2.29 bits per heavy atom. The lowest BCUT2D eigenvalue weighted by atomic mass is 9.95. The van der Waals surface area contributed by atoms with E-state index in [0.717, 1.165) is 56.0 Å². The molecule has 0 aliphatic carbocycles. The summed E-state index contributed by atoms with van der Waals surface area (Å²) in [5.41, 5.74) is 2.04. The van der Waals surface area contributed by atoms with Crippen molar-refractivity contribution in [3.05, 3.63) is 41.6 Å². The predicted molar refractivity (Wildman–Crippen MR) is 91.3 cm³/mol. The number of likely N-dealkylation sites (tertiary alicyclic amines) is 1. The largest absolute Gasteiger partial charge is 0.468 e. The molecule has 0 bridgehead atoms. The van der Waals surface area contributed by atoms with Gasteiger partial charge in [-0.3, -0.25) is 14.8 Å². The van der Waals surface area contributed by atoms with E-state index in [9.17, 15) is 4.79 Å². The lowest BCUT2D eigenvalue weighted by Crippen LogP contribution is -2.43. The van der Waals surface area contributed by atoms with Crippen LogP contribution in [-0.4, -0.2) is 40.1 Å². The molecule has 1 aliphatic heterocycles. The average molecular weight is 330 g/mol. The number of rotatable bonds is 6. The number of hydrogen-bond acceptors (Lipinski definition) is 4. The summed E-state index contributed by atoms with van der Waals surface area (Å²) in [4.78, 5) is 14.8. The third kappa shape index (κ3) is 4.47. The summed E-state index contributed by atoms with van der Waals surface area (Å²) in [6, 6.07) is 6.03. The van der Waals surface area contributed by atoms with Gasteiger partial charge in [-0.1, -0.05) is 0 Å². The van der Waals surface area contributed by atoms with Crippen molar-refractivity contribution in [2.75, 3.05) is 13.1 Å². The molecular weight excluding hydrogens is 304 g/mol. The first-order valence-electron chi connectivity index (χ1n) is 8.66. The normalized spacial score (nSPS) is 17.8. The number of nitrogens with zero attached hydrogens (tertiary/aromatic N) is 2. The van der Waals surface area contributed by atoms with Crippen molar-refractivity contribution in [3.63, 3.8) is 0 Å². The van der Waals surface area contributed by atoms with Gasteiger partial charge in [0.25, 0.3) is 0 Å². The van der Waals surface area contributed by atoms with Gasteiger partial charge < -0.3 is 9.73 Å². The highest BCUT2D eigenvalue weighted by Gasteiger charge is 2.26. The second kappa shape index (κ2) is 7.66. The number of aromatic amines is 1. The molecule has 3 rings (SSSR count). The van der Waals surface area contributed by atoms with Crippen molar-refractivity contribution >= 4 is 5.91 Å². The van der Waals surface area contributed by atoms with Crippen LogP contribution in [0.2, 0.25) is 0 Å². The van der Waals surface area contributed by atoms with E-state index in [2.05, 4.69) is 20.4 Å². The Morgan fingerprint density at radius 3 is 2.92 bits per heavy atom. The topological polar surface area (TPSA) is 74.2 Å². The number of carbonyl (C=O) groups is 1. The zero-order valence-electron chi connectivity index (χ0n) is 14.4. The molecule has 6 heteroatoms. The van der Waals surface area contributed by atoms with Crippen LogP contribution < -0.4 is 5.32 Å². The first-order chi connectivity index (χ1) is 11.6. The fourth-order valence-corrected chi connectivity index (χ4v) is 3.28. The van der Waals surface area contributed by atoms with Crippen LogP contribution in [0.1, 0.15) is 36.9 Å². The van der Waals surface area contributed by atoms with Gasteiger partial charge >= 0.3 is 0 Å². The van der Waals surface area contributed by atoms with E-state index in [1.807, 2.05) is 32.0 Å². The van der Waals surface area contributed by atoms with Gasteiger partial charge in [-0.05, 0) is 58.0 Å². The number of amides is 1. The maximum absolute atomic E-state index is 12.5. The first kappa shape index (κ1) is 16.8. The number of hydrogen-bond donors (Lipinski definition) is 2. The van der Waals surface area contributed by atoms with Gasteiger partial charge in [-0.2, -0.15) is 5.10 Å². The van der Waals surface area contributed by atoms with Crippen molar-refractivity contribution in [2.45, 2.75) is 45.7 Å². The zero-order chi connectivity index (χ0) is 16.9. The number of furan rings is 1. The summed E-state index contributed by atoms with van der Waals surface area (Å²) in [5, 5.41) is 10.3. The fourth-order valence-electron chi connectivity index (χ4n) is 3.28. The quantitative estimate of drug-likeness (QED) is 0.852. The standard InChI is InChI=1S/C18H26N4O2/c1-13(10-16-11-14(2)20-21-16)19-18(23)15-5-7-22(8-6-15)12-17-4-3-9-24-17/h3-4,9,11,13,15H,5-8,10,12H2,1-2H3,(H,19,23)(H,20,21)/t13-/m0/s1. The van der Waals surface area contributed by atoms with E-state index in [1.165, 1.54) is 0 Å². The third-order valence-corrected chi connectivity index (χ3v) is 4.58. The Morgan fingerprint density at radius 1 is 1.50 bits per heavy atom. The minimum Gasteiger partial charge on any atom is -0.468 e. The number of H-pyrrole nitrogens is 1. The van der Waals surface area contributed by atoms with Crippen molar-refractivity contribution in [2.24, 2.45) is 5.92 Å². The van der Waals surface area contributed by atoms with Crippen LogP contribution in [0.5, 0.6) is 0 Å². The molecule has 0 aromatic carbocycles. The van der Waals surface area contributed by atoms with Gasteiger partial charge in [0.2, 0.25) is 5.91 Å². The molecule has 1 aliphatic rings. The smallest absolute Gasteiger partial charge is 0.223 e. The summed E-state index contributed by atoms with van der Waals surface area (Å²) in [7, 11) is 0. The van der Waals surface area contributed by atoms with Crippen molar-refractivity contribution in [1.29, 1.82) is 0 Å². The van der Waals surface area contributed by atoms with Crippen LogP contribution in [-0.2, 0) is 17.8 Å². The number of carbonyl (C=O) groups excluding carboxylic acids is 1. The summed E-state index contributed by atoms with van der Waals surface area (Å²) in [6.07, 6.45) is 4.27. The zero-order valence-corrected chi connectivity index (χ0v) is 14.4. The van der Waals surface area contributed by atoms with Gasteiger partial charge in [0.05, 0.1) is 18.5 Å². The number of aryl methyl sites for hydroxylation is 1. The molecule has 24 heavy (non-hydrogen) atoms. The highest BCUT2D eigenvalue weighted by molar-refractivity contribution is 5.79. The molecule has 0 radical (unpaired) electrons. The maximum Gasteiger partial charge on any atom is 0.223 e. The summed E-state index contributed by atoms with van der Waals surface area (Å²) < 4.78 is 5.39. The molecular formula is C18H26N4O2. The van der Waals surface area contributed by atoms with E-state index in [4.69, 9.17) is 4.42 Å². The van der Waals surface area contributed by atoms with Crippen molar-refractivity contribution < 1.29 is 9.21 Å². The monoisotopic (exact) mass is 330 g/mol. The molecule has 1 fully saturated rings. The first-order valence-corrected chi connectivity index (χ1v) is 8.66. The fraction of sp³-hybridized carbons (Fsp3) is 0.556. The van der Waals surface area contributed by atoms with Gasteiger partial charge in [-0.25, -0.2) is 0 Å². The molecule has 130 valence electrons. The summed E-state index contributed by atoms with van der Waals surface area (Å²) >= 11 is 0. The second-order valence-corrected chi connectivity index (χ2v) is 6.79. The molecule has 1 atom stereocenters. The minimum atomic E-state index is 0.0985. The Bertz CT molecular complexity index is 642. The summed E-state index contributed by atoms with van der Waals surface area (Å²) in [6.45, 7) is 6.72. The lowest BCUT2D eigenvalue weighted by Gasteiger charge is -2.31. The van der Waals surface area contributed by atoms with E-state index in [-0.39, 0.29) is 17.9 Å². The average Bonchev–Trinajstić information content (AvgIpc) is 3.20. The molecule has 1 amide bonds. The van der Waals surface area contributed by atoms with Gasteiger partial charge in [0, 0.05) is 24.1 Å². The molecule has 0 unspecified atom stereocenters. The highest BCUT2D eigenvalue weighted by Crippen LogP contribution is 2.19. The predicted octanol–water partition coefficient (Wildman–Crippen LogP) is 2.27. The molecule has 1 saturated heterocycles. The number of aromatic nitrogens is 2. The van der Waals surface area contributed by atoms with Gasteiger partial charge in [0.15, 0.2) is 0 Å². The van der Waals surface area contributed by atoms with Crippen molar-refractivity contribution in [3.8, 4) is 0 Å². The van der Waals surface area contributed by atoms with E-state index < -0.39 is 0 Å². The number of nitrogens with one attached hydrogen (secondary N) is 2. The molecule has 0 spiro atoms. The van der Waals surface area contributed by atoms with E-state index in [0.29, 0.717) is 0 Å². The molecule has 3 heterocycles. The van der Waals surface area contributed by atoms with E-state index >= 15 is 0 Å². The second-order valence-electron chi connectivity index (χ2n) is 6.79. The molecule has 2 aromatic rings. The minimum absolute atomic E-state index is 0.0985. The van der Waals surface area contributed by atoms with Gasteiger partial charge in [-0.15, -0.1) is 0 Å². The highest BCUT2D eigenvalue weighted by atomic mass is 16.3. The van der Waals surface area contributed by atoms with Gasteiger partial charge in [0.1, 0.15) is 5.76 Å². The molecule has 0 saturated carbocycles. The van der Waals surface area contributed by atoms with Crippen LogP contribution in [0.25, 0.3) is 0 Å². The van der Waals surface area contributed by atoms with Crippen molar-refractivity contribution in [1.82, 2.24) is 20.4 Å². The van der Waals surface area contributed by atoms with Crippen LogP contribution in [0.3, 0.4) is 0 Å². The molecule has 6 nitrogen and oxygen atoms in total.